The summed E-state index contributed by atoms with van der Waals surface area (Å²) in [6, 6.07) is 2.49. The van der Waals surface area contributed by atoms with Crippen LogP contribution < -0.4 is 0 Å². The van der Waals surface area contributed by atoms with Crippen LogP contribution in [-0.4, -0.2) is 4.57 Å². The number of hydrogen-bond donors (Lipinski definition) is 0. The van der Waals surface area contributed by atoms with Gasteiger partial charge in [-0.1, -0.05) is 29.8 Å². The molecule has 1 atom stereocenters. The van der Waals surface area contributed by atoms with E-state index in [0.717, 1.165) is 11.5 Å². The highest BCUT2D eigenvalue weighted by Gasteiger charge is 2.14. The molecule has 1 aliphatic rings. The van der Waals surface area contributed by atoms with Gasteiger partial charge in [0.15, 0.2) is 0 Å². The smallest absolute Gasteiger partial charge is 0.0568 e. The number of rotatable bonds is 2. The highest BCUT2D eigenvalue weighted by molar-refractivity contribution is 6.29. The Morgan fingerprint density at radius 1 is 1.50 bits per heavy atom. The third-order valence-electron chi connectivity index (χ3n) is 2.86. The fraction of sp³-hybridized carbons (Fsp3) is 0.286. The fourth-order valence-electron chi connectivity index (χ4n) is 2.04. The third-order valence-corrected chi connectivity index (χ3v) is 3.14. The second-order valence-corrected chi connectivity index (χ2v) is 4.55. The van der Waals surface area contributed by atoms with Crippen LogP contribution >= 0.6 is 11.6 Å². The zero-order valence-electron chi connectivity index (χ0n) is 9.65. The number of aryl methyl sites for hydroxylation is 1. The van der Waals surface area contributed by atoms with Crippen molar-refractivity contribution in [1.82, 2.24) is 4.57 Å². The summed E-state index contributed by atoms with van der Waals surface area (Å²) in [6.45, 7) is 4.18. The second-order valence-electron chi connectivity index (χ2n) is 4.06. The Morgan fingerprint density at radius 2 is 2.31 bits per heavy atom. The van der Waals surface area contributed by atoms with E-state index < -0.39 is 0 Å². The lowest BCUT2D eigenvalue weighted by Gasteiger charge is -2.19. The minimum absolute atomic E-state index is 0.345. The average molecular weight is 234 g/mol. The molecule has 16 heavy (non-hydrogen) atoms. The second kappa shape index (κ2) is 4.75. The summed E-state index contributed by atoms with van der Waals surface area (Å²) in [7, 11) is 0. The number of nitrogens with zero attached hydrogens (tertiary/aromatic N) is 1. The van der Waals surface area contributed by atoms with Crippen molar-refractivity contribution in [3.05, 3.63) is 52.9 Å². The van der Waals surface area contributed by atoms with E-state index in [4.69, 9.17) is 11.6 Å². The first kappa shape index (κ1) is 11.3. The van der Waals surface area contributed by atoms with Gasteiger partial charge < -0.3 is 4.57 Å². The maximum atomic E-state index is 6.08. The predicted octanol–water partition coefficient (Wildman–Crippen LogP) is 4.45. The summed E-state index contributed by atoms with van der Waals surface area (Å²) in [5, 5.41) is 0.922. The molecule has 2 heteroatoms. The van der Waals surface area contributed by atoms with Crippen molar-refractivity contribution in [2.75, 3.05) is 0 Å². The molecular weight excluding hydrogens is 218 g/mol. The van der Waals surface area contributed by atoms with Crippen LogP contribution in [0.2, 0.25) is 0 Å². The van der Waals surface area contributed by atoms with Gasteiger partial charge in [-0.25, -0.2) is 0 Å². The quantitative estimate of drug-likeness (QED) is 0.711. The lowest BCUT2D eigenvalue weighted by atomic mass is 10.1. The summed E-state index contributed by atoms with van der Waals surface area (Å²) < 4.78 is 2.28. The van der Waals surface area contributed by atoms with Gasteiger partial charge in [0, 0.05) is 23.3 Å². The van der Waals surface area contributed by atoms with Crippen LogP contribution in [0, 0.1) is 6.92 Å². The van der Waals surface area contributed by atoms with Crippen molar-refractivity contribution in [1.29, 1.82) is 0 Å². The Labute approximate surface area is 102 Å². The van der Waals surface area contributed by atoms with E-state index in [-0.39, 0.29) is 0 Å². The van der Waals surface area contributed by atoms with Crippen LogP contribution in [0.25, 0.3) is 6.08 Å². The molecule has 1 unspecified atom stereocenters. The molecule has 1 aromatic rings. The fourth-order valence-corrected chi connectivity index (χ4v) is 2.27. The van der Waals surface area contributed by atoms with E-state index in [0.29, 0.717) is 6.04 Å². The predicted molar refractivity (Wildman–Crippen MR) is 70.6 cm³/mol. The molecule has 2 rings (SSSR count). The summed E-state index contributed by atoms with van der Waals surface area (Å²) in [4.78, 5) is 0. The molecule has 1 heterocycles. The van der Waals surface area contributed by atoms with Crippen LogP contribution in [0.4, 0.5) is 0 Å². The normalized spacial score (nSPS) is 20.4. The molecule has 84 valence electrons. The van der Waals surface area contributed by atoms with Gasteiger partial charge in [-0.2, -0.15) is 0 Å². The Bertz CT molecular complexity index is 463. The number of hydrogen-bond acceptors (Lipinski definition) is 0. The monoisotopic (exact) mass is 233 g/mol. The summed E-state index contributed by atoms with van der Waals surface area (Å²) in [5.74, 6) is 0. The molecule has 0 aliphatic heterocycles. The molecule has 0 amide bonds. The largest absolute Gasteiger partial charge is 0.340 e. The van der Waals surface area contributed by atoms with Gasteiger partial charge in [0.05, 0.1) is 6.04 Å². The molecule has 1 nitrogen and oxygen atoms in total. The van der Waals surface area contributed by atoms with E-state index in [1.54, 1.807) is 0 Å². The molecule has 1 aliphatic carbocycles. The minimum atomic E-state index is 0.345. The van der Waals surface area contributed by atoms with E-state index >= 15 is 0 Å². The van der Waals surface area contributed by atoms with Crippen molar-refractivity contribution in [2.24, 2.45) is 0 Å². The van der Waals surface area contributed by atoms with Crippen LogP contribution in [0.3, 0.4) is 0 Å². The maximum Gasteiger partial charge on any atom is 0.0568 e. The van der Waals surface area contributed by atoms with Gasteiger partial charge >= 0.3 is 0 Å². The van der Waals surface area contributed by atoms with Crippen molar-refractivity contribution >= 4 is 17.7 Å². The Kier molecular flexibility index (Phi) is 3.35. The highest BCUT2D eigenvalue weighted by Crippen LogP contribution is 2.28. The molecule has 0 fully saturated rings. The molecular formula is C14H16ClN. The van der Waals surface area contributed by atoms with E-state index in [2.05, 4.69) is 42.0 Å². The Balaban J connectivity index is 2.34. The summed E-state index contributed by atoms with van der Waals surface area (Å²) >= 11 is 6.08. The van der Waals surface area contributed by atoms with E-state index in [9.17, 15) is 0 Å². The molecule has 0 aromatic carbocycles. The van der Waals surface area contributed by atoms with Gasteiger partial charge in [0.25, 0.3) is 0 Å². The van der Waals surface area contributed by atoms with Gasteiger partial charge in [0.1, 0.15) is 0 Å². The van der Waals surface area contributed by atoms with Crippen LogP contribution in [0.5, 0.6) is 0 Å². The zero-order valence-corrected chi connectivity index (χ0v) is 10.4. The molecule has 1 aromatic heterocycles. The van der Waals surface area contributed by atoms with Crippen LogP contribution in [-0.2, 0) is 0 Å². The molecule has 0 N–H and O–H groups in total. The molecule has 0 radical (unpaired) electrons. The van der Waals surface area contributed by atoms with Crippen molar-refractivity contribution in [3.63, 3.8) is 0 Å². The summed E-state index contributed by atoms with van der Waals surface area (Å²) in [5.41, 5.74) is 2.57. The first-order valence-corrected chi connectivity index (χ1v) is 5.93. The van der Waals surface area contributed by atoms with Crippen LogP contribution in [0.1, 0.15) is 30.6 Å². The minimum Gasteiger partial charge on any atom is -0.340 e. The van der Waals surface area contributed by atoms with Crippen LogP contribution in [0.15, 0.2) is 41.6 Å². The average Bonchev–Trinajstić information content (AvgIpc) is 2.61. The third kappa shape index (κ3) is 2.14. The topological polar surface area (TPSA) is 4.93 Å². The number of halogens is 1. The summed E-state index contributed by atoms with van der Waals surface area (Å²) in [6.07, 6.45) is 13.4. The maximum absolute atomic E-state index is 6.08. The zero-order chi connectivity index (χ0) is 11.5. The first-order chi connectivity index (χ1) is 7.72. The lowest BCUT2D eigenvalue weighted by molar-refractivity contribution is 0.601. The van der Waals surface area contributed by atoms with Gasteiger partial charge in [0.2, 0.25) is 0 Å². The van der Waals surface area contributed by atoms with Gasteiger partial charge in [-0.3, -0.25) is 0 Å². The Morgan fingerprint density at radius 3 is 3.00 bits per heavy atom. The lowest BCUT2D eigenvalue weighted by Crippen LogP contribution is -2.09. The van der Waals surface area contributed by atoms with E-state index in [1.165, 1.54) is 11.3 Å². The highest BCUT2D eigenvalue weighted by atomic mass is 35.5. The van der Waals surface area contributed by atoms with Gasteiger partial charge in [-0.15, -0.1) is 0 Å². The molecule has 0 saturated carbocycles. The SMILES string of the molecule is C/C=C\c1c(C)ccn1C1C=CC=C(Cl)C1. The Hall–Kier alpha value is -1.21. The number of aromatic nitrogens is 1. The molecule has 0 bridgehead atoms. The standard InChI is InChI=1S/C14H16ClN/c1-3-5-14-11(2)8-9-16(14)13-7-4-6-12(15)10-13/h3-9,13H,10H2,1-2H3/b5-3-. The number of allylic oxidation sites excluding steroid dienone is 5. The first-order valence-electron chi connectivity index (χ1n) is 5.55. The molecule has 0 saturated heterocycles. The van der Waals surface area contributed by atoms with Crippen molar-refractivity contribution in [3.8, 4) is 0 Å². The van der Waals surface area contributed by atoms with E-state index in [1.807, 2.05) is 19.1 Å². The molecule has 0 spiro atoms. The van der Waals surface area contributed by atoms with Crippen molar-refractivity contribution in [2.45, 2.75) is 26.3 Å². The van der Waals surface area contributed by atoms with Gasteiger partial charge in [-0.05, 0) is 37.6 Å². The van der Waals surface area contributed by atoms with Crippen molar-refractivity contribution < 1.29 is 0 Å².